The third-order valence-corrected chi connectivity index (χ3v) is 3.18. The molecular formula is C16H26N2O3. The van der Waals surface area contributed by atoms with Crippen molar-refractivity contribution in [2.45, 2.75) is 26.8 Å². The molecule has 5 heteroatoms. The zero-order valence-electron chi connectivity index (χ0n) is 13.3. The van der Waals surface area contributed by atoms with E-state index < -0.39 is 0 Å². The molecule has 1 amide bonds. The van der Waals surface area contributed by atoms with Gasteiger partial charge in [0.2, 0.25) is 5.91 Å². The van der Waals surface area contributed by atoms with E-state index in [2.05, 4.69) is 24.5 Å². The highest BCUT2D eigenvalue weighted by atomic mass is 16.5. The van der Waals surface area contributed by atoms with Crippen LogP contribution in [0.15, 0.2) is 24.3 Å². The minimum atomic E-state index is -0.0783. The lowest BCUT2D eigenvalue weighted by atomic mass is 10.1. The summed E-state index contributed by atoms with van der Waals surface area (Å²) in [6.07, 6.45) is 0. The summed E-state index contributed by atoms with van der Waals surface area (Å²) < 4.78 is 10.6. The van der Waals surface area contributed by atoms with E-state index >= 15 is 0 Å². The lowest BCUT2D eigenvalue weighted by Crippen LogP contribution is -2.42. The summed E-state index contributed by atoms with van der Waals surface area (Å²) >= 11 is 0. The number of hydrogen-bond donors (Lipinski definition) is 2. The summed E-state index contributed by atoms with van der Waals surface area (Å²) in [7, 11) is 1.60. The standard InChI is InChI=1S/C16H26N2O3/c1-5-21-11-15(12(2)3)17-10-16(19)18-13-7-6-8-14(9-13)20-4/h6-9,12,15,17H,5,10-11H2,1-4H3,(H,18,19). The molecule has 1 atom stereocenters. The van der Waals surface area contributed by atoms with Crippen molar-refractivity contribution in [1.82, 2.24) is 5.32 Å². The summed E-state index contributed by atoms with van der Waals surface area (Å²) in [6, 6.07) is 7.47. The van der Waals surface area contributed by atoms with Gasteiger partial charge in [-0.05, 0) is 25.0 Å². The van der Waals surface area contributed by atoms with Crippen LogP contribution >= 0.6 is 0 Å². The molecule has 1 rings (SSSR count). The van der Waals surface area contributed by atoms with Crippen molar-refractivity contribution in [3.05, 3.63) is 24.3 Å². The molecule has 1 unspecified atom stereocenters. The van der Waals surface area contributed by atoms with Crippen molar-refractivity contribution in [2.75, 3.05) is 32.2 Å². The average Bonchev–Trinajstić information content (AvgIpc) is 2.47. The lowest BCUT2D eigenvalue weighted by Gasteiger charge is -2.21. The third kappa shape index (κ3) is 6.60. The van der Waals surface area contributed by atoms with Gasteiger partial charge in [-0.1, -0.05) is 19.9 Å². The Morgan fingerprint density at radius 3 is 2.71 bits per heavy atom. The summed E-state index contributed by atoms with van der Waals surface area (Å²) in [6.45, 7) is 7.73. The van der Waals surface area contributed by atoms with Crippen LogP contribution in [0.1, 0.15) is 20.8 Å². The average molecular weight is 294 g/mol. The first-order valence-electron chi connectivity index (χ1n) is 7.31. The van der Waals surface area contributed by atoms with Crippen molar-refractivity contribution in [3.8, 4) is 5.75 Å². The third-order valence-electron chi connectivity index (χ3n) is 3.18. The zero-order chi connectivity index (χ0) is 15.7. The van der Waals surface area contributed by atoms with Gasteiger partial charge in [0.25, 0.3) is 0 Å². The van der Waals surface area contributed by atoms with Gasteiger partial charge in [-0.25, -0.2) is 0 Å². The van der Waals surface area contributed by atoms with E-state index in [4.69, 9.17) is 9.47 Å². The zero-order valence-corrected chi connectivity index (χ0v) is 13.3. The van der Waals surface area contributed by atoms with Crippen molar-refractivity contribution >= 4 is 11.6 Å². The van der Waals surface area contributed by atoms with Crippen molar-refractivity contribution in [1.29, 1.82) is 0 Å². The monoisotopic (exact) mass is 294 g/mol. The maximum absolute atomic E-state index is 12.0. The Morgan fingerprint density at radius 1 is 1.33 bits per heavy atom. The topological polar surface area (TPSA) is 59.6 Å². The van der Waals surface area contributed by atoms with Crippen molar-refractivity contribution in [3.63, 3.8) is 0 Å². The highest BCUT2D eigenvalue weighted by Crippen LogP contribution is 2.16. The smallest absolute Gasteiger partial charge is 0.238 e. The molecule has 0 aliphatic carbocycles. The predicted octanol–water partition coefficient (Wildman–Crippen LogP) is 2.28. The molecule has 0 radical (unpaired) electrons. The molecule has 0 saturated heterocycles. The molecule has 118 valence electrons. The Balaban J connectivity index is 2.44. The number of benzene rings is 1. The largest absolute Gasteiger partial charge is 0.497 e. The number of methoxy groups -OCH3 is 1. The lowest BCUT2D eigenvalue weighted by molar-refractivity contribution is -0.115. The van der Waals surface area contributed by atoms with Gasteiger partial charge >= 0.3 is 0 Å². The fourth-order valence-corrected chi connectivity index (χ4v) is 1.86. The van der Waals surface area contributed by atoms with Crippen LogP contribution in [0.4, 0.5) is 5.69 Å². The van der Waals surface area contributed by atoms with Gasteiger partial charge in [-0.15, -0.1) is 0 Å². The number of carbonyl (C=O) groups excluding carboxylic acids is 1. The highest BCUT2D eigenvalue weighted by molar-refractivity contribution is 5.92. The molecule has 0 aliphatic heterocycles. The Kier molecular flexibility index (Phi) is 7.79. The normalized spacial score (nSPS) is 12.2. The number of amides is 1. The van der Waals surface area contributed by atoms with Crippen LogP contribution in [0.3, 0.4) is 0 Å². The van der Waals surface area contributed by atoms with Crippen molar-refractivity contribution < 1.29 is 14.3 Å². The van der Waals surface area contributed by atoms with Crippen LogP contribution in [0.2, 0.25) is 0 Å². The van der Waals surface area contributed by atoms with E-state index in [-0.39, 0.29) is 18.5 Å². The molecule has 0 aromatic heterocycles. The Labute approximate surface area is 127 Å². The van der Waals surface area contributed by atoms with Gasteiger partial charge in [-0.3, -0.25) is 4.79 Å². The quantitative estimate of drug-likeness (QED) is 0.733. The van der Waals surface area contributed by atoms with Crippen molar-refractivity contribution in [2.24, 2.45) is 5.92 Å². The molecule has 0 saturated carbocycles. The molecule has 2 N–H and O–H groups in total. The first kappa shape index (κ1) is 17.5. The number of rotatable bonds is 9. The molecule has 1 aromatic rings. The maximum Gasteiger partial charge on any atom is 0.238 e. The second kappa shape index (κ2) is 9.37. The molecule has 0 heterocycles. The fourth-order valence-electron chi connectivity index (χ4n) is 1.86. The second-order valence-electron chi connectivity index (χ2n) is 5.17. The molecule has 0 bridgehead atoms. The van der Waals surface area contributed by atoms with Gasteiger partial charge in [0.05, 0.1) is 20.3 Å². The van der Waals surface area contributed by atoms with Gasteiger partial charge in [0, 0.05) is 24.4 Å². The number of nitrogens with one attached hydrogen (secondary N) is 2. The first-order valence-corrected chi connectivity index (χ1v) is 7.31. The summed E-state index contributed by atoms with van der Waals surface area (Å²) in [5, 5.41) is 6.08. The van der Waals surface area contributed by atoms with E-state index in [1.165, 1.54) is 0 Å². The van der Waals surface area contributed by atoms with Crippen LogP contribution in [0.25, 0.3) is 0 Å². The SMILES string of the molecule is CCOCC(NCC(=O)Nc1cccc(OC)c1)C(C)C. The molecule has 0 aliphatic rings. The Morgan fingerprint density at radius 2 is 2.10 bits per heavy atom. The number of hydrogen-bond acceptors (Lipinski definition) is 4. The van der Waals surface area contributed by atoms with Gasteiger partial charge in [-0.2, -0.15) is 0 Å². The fraction of sp³-hybridized carbons (Fsp3) is 0.562. The van der Waals surface area contributed by atoms with Gasteiger partial charge < -0.3 is 20.1 Å². The second-order valence-corrected chi connectivity index (χ2v) is 5.17. The van der Waals surface area contributed by atoms with Crippen LogP contribution in [-0.2, 0) is 9.53 Å². The number of anilines is 1. The molecule has 1 aromatic carbocycles. The molecule has 0 spiro atoms. The highest BCUT2D eigenvalue weighted by Gasteiger charge is 2.14. The first-order chi connectivity index (χ1) is 10.1. The van der Waals surface area contributed by atoms with E-state index in [0.717, 1.165) is 11.4 Å². The van der Waals surface area contributed by atoms with E-state index in [1.54, 1.807) is 13.2 Å². The van der Waals surface area contributed by atoms with E-state index in [9.17, 15) is 4.79 Å². The summed E-state index contributed by atoms with van der Waals surface area (Å²) in [5.74, 6) is 1.05. The maximum atomic E-state index is 12.0. The molecule has 21 heavy (non-hydrogen) atoms. The minimum Gasteiger partial charge on any atom is -0.497 e. The number of ether oxygens (including phenoxy) is 2. The van der Waals surface area contributed by atoms with E-state index in [1.807, 2.05) is 25.1 Å². The van der Waals surface area contributed by atoms with Crippen LogP contribution in [-0.4, -0.2) is 38.8 Å². The Hall–Kier alpha value is -1.59. The minimum absolute atomic E-state index is 0.0783. The van der Waals surface area contributed by atoms with E-state index in [0.29, 0.717) is 19.1 Å². The van der Waals surface area contributed by atoms with Crippen LogP contribution < -0.4 is 15.4 Å². The summed E-state index contributed by atoms with van der Waals surface area (Å²) in [4.78, 5) is 12.0. The Bertz CT molecular complexity index is 435. The number of carbonyl (C=O) groups is 1. The predicted molar refractivity (Wildman–Crippen MR) is 84.7 cm³/mol. The molecule has 0 fully saturated rings. The summed E-state index contributed by atoms with van der Waals surface area (Å²) in [5.41, 5.74) is 0.729. The van der Waals surface area contributed by atoms with Crippen LogP contribution in [0.5, 0.6) is 5.75 Å². The molecular weight excluding hydrogens is 268 g/mol. The van der Waals surface area contributed by atoms with Crippen LogP contribution in [0, 0.1) is 5.92 Å². The molecule has 5 nitrogen and oxygen atoms in total. The van der Waals surface area contributed by atoms with Gasteiger partial charge in [0.1, 0.15) is 5.75 Å². The van der Waals surface area contributed by atoms with Gasteiger partial charge in [0.15, 0.2) is 0 Å².